The zero-order valence-corrected chi connectivity index (χ0v) is 8.55. The molecule has 4 heteroatoms. The van der Waals surface area contributed by atoms with Crippen LogP contribution in [-0.2, 0) is 12.4 Å². The van der Waals surface area contributed by atoms with Gasteiger partial charge in [-0.2, -0.15) is 11.8 Å². The van der Waals surface area contributed by atoms with E-state index in [9.17, 15) is 0 Å². The first kappa shape index (κ1) is 10.5. The normalized spacial score (nSPS) is 10.3. The van der Waals surface area contributed by atoms with Crippen LogP contribution in [0.15, 0.2) is 12.3 Å². The number of hydrogen-bond acceptors (Lipinski definition) is 4. The molecule has 72 valence electrons. The molecule has 0 saturated carbocycles. The Morgan fingerprint density at radius 2 is 2.38 bits per heavy atom. The minimum absolute atomic E-state index is 0.00599. The molecule has 0 aliphatic heterocycles. The fourth-order valence-corrected chi connectivity index (χ4v) is 1.66. The molecule has 0 saturated heterocycles. The van der Waals surface area contributed by atoms with E-state index in [4.69, 9.17) is 5.11 Å². The number of rotatable bonds is 5. The van der Waals surface area contributed by atoms with Crippen LogP contribution in [0, 0.1) is 0 Å². The molecule has 1 aromatic rings. The molecule has 0 aliphatic rings. The van der Waals surface area contributed by atoms with Gasteiger partial charge in [0.05, 0.1) is 18.1 Å². The van der Waals surface area contributed by atoms with Gasteiger partial charge >= 0.3 is 0 Å². The smallest absolute Gasteiger partial charge is 0.138 e. The molecule has 0 radical (unpaired) electrons. The van der Waals surface area contributed by atoms with Gasteiger partial charge in [-0.15, -0.1) is 0 Å². The van der Waals surface area contributed by atoms with Crippen LogP contribution in [0.2, 0.25) is 0 Å². The Bertz CT molecular complexity index is 255. The van der Waals surface area contributed by atoms with Crippen molar-refractivity contribution < 1.29 is 5.11 Å². The van der Waals surface area contributed by atoms with Crippen LogP contribution in [0.3, 0.4) is 0 Å². The van der Waals surface area contributed by atoms with Gasteiger partial charge in [-0.1, -0.05) is 6.92 Å². The lowest BCUT2D eigenvalue weighted by atomic mass is 10.4. The van der Waals surface area contributed by atoms with Crippen LogP contribution < -0.4 is 0 Å². The van der Waals surface area contributed by atoms with Crippen LogP contribution in [0.5, 0.6) is 0 Å². The van der Waals surface area contributed by atoms with Crippen molar-refractivity contribution in [2.75, 3.05) is 5.75 Å². The van der Waals surface area contributed by atoms with E-state index < -0.39 is 0 Å². The monoisotopic (exact) mass is 198 g/mol. The second-order valence-electron chi connectivity index (χ2n) is 2.67. The quantitative estimate of drug-likeness (QED) is 0.730. The van der Waals surface area contributed by atoms with Crippen LogP contribution in [0.4, 0.5) is 0 Å². The van der Waals surface area contributed by atoms with Crippen molar-refractivity contribution in [3.63, 3.8) is 0 Å². The third kappa shape index (κ3) is 3.74. The lowest BCUT2D eigenvalue weighted by Gasteiger charge is -2.00. The summed E-state index contributed by atoms with van der Waals surface area (Å²) in [6.07, 6.45) is 2.87. The summed E-state index contributed by atoms with van der Waals surface area (Å²) in [6, 6.07) is 1.73. The second kappa shape index (κ2) is 5.94. The Morgan fingerprint density at radius 1 is 1.54 bits per heavy atom. The summed E-state index contributed by atoms with van der Waals surface area (Å²) in [5.41, 5.74) is 0.696. The number of hydrogen-bond donors (Lipinski definition) is 1. The third-order valence-corrected chi connectivity index (χ3v) is 2.66. The van der Waals surface area contributed by atoms with Crippen molar-refractivity contribution >= 4 is 11.8 Å². The molecular formula is C9H14N2OS. The fourth-order valence-electron chi connectivity index (χ4n) is 0.907. The summed E-state index contributed by atoms with van der Waals surface area (Å²) in [5, 5.41) is 8.84. The van der Waals surface area contributed by atoms with Gasteiger partial charge in [0.1, 0.15) is 5.82 Å². The topological polar surface area (TPSA) is 46.0 Å². The SMILES string of the molecule is CCCSCc1nccc(CO)n1. The molecule has 1 N–H and O–H groups in total. The maximum Gasteiger partial charge on any atom is 0.138 e. The first-order valence-corrected chi connectivity index (χ1v) is 5.51. The van der Waals surface area contributed by atoms with Gasteiger partial charge in [0, 0.05) is 6.20 Å². The molecule has 0 atom stereocenters. The van der Waals surface area contributed by atoms with Gasteiger partial charge in [0.2, 0.25) is 0 Å². The lowest BCUT2D eigenvalue weighted by Crippen LogP contribution is -1.97. The van der Waals surface area contributed by atoms with Crippen LogP contribution in [0.1, 0.15) is 24.9 Å². The van der Waals surface area contributed by atoms with E-state index in [0.717, 1.165) is 17.3 Å². The fraction of sp³-hybridized carbons (Fsp3) is 0.556. The molecule has 13 heavy (non-hydrogen) atoms. The van der Waals surface area contributed by atoms with Crippen LogP contribution >= 0.6 is 11.8 Å². The van der Waals surface area contributed by atoms with E-state index in [2.05, 4.69) is 16.9 Å². The Hall–Kier alpha value is -0.610. The van der Waals surface area contributed by atoms with Crippen molar-refractivity contribution in [2.24, 2.45) is 0 Å². The molecular weight excluding hydrogens is 184 g/mol. The third-order valence-electron chi connectivity index (χ3n) is 1.50. The summed E-state index contributed by atoms with van der Waals surface area (Å²) in [7, 11) is 0. The van der Waals surface area contributed by atoms with Crippen molar-refractivity contribution in [1.29, 1.82) is 0 Å². The van der Waals surface area contributed by atoms with Gasteiger partial charge in [0.25, 0.3) is 0 Å². The molecule has 0 aromatic carbocycles. The minimum atomic E-state index is -0.00599. The molecule has 0 amide bonds. The standard InChI is InChI=1S/C9H14N2OS/c1-2-5-13-7-9-10-4-3-8(6-12)11-9/h3-4,12H,2,5-7H2,1H3. The maximum absolute atomic E-state index is 8.84. The Balaban J connectivity index is 2.46. The Morgan fingerprint density at radius 3 is 3.08 bits per heavy atom. The molecule has 0 unspecified atom stereocenters. The predicted octanol–water partition coefficient (Wildman–Crippen LogP) is 1.61. The van der Waals surface area contributed by atoms with Gasteiger partial charge in [0.15, 0.2) is 0 Å². The molecule has 0 bridgehead atoms. The number of thioether (sulfide) groups is 1. The summed E-state index contributed by atoms with van der Waals surface area (Å²) >= 11 is 1.82. The van der Waals surface area contributed by atoms with Crippen molar-refractivity contribution in [3.05, 3.63) is 23.8 Å². The number of aliphatic hydroxyl groups excluding tert-OH is 1. The predicted molar refractivity (Wildman–Crippen MR) is 54.4 cm³/mol. The Kier molecular flexibility index (Phi) is 4.78. The zero-order chi connectivity index (χ0) is 9.52. The average molecular weight is 198 g/mol. The van der Waals surface area contributed by atoms with Gasteiger partial charge in [-0.25, -0.2) is 9.97 Å². The van der Waals surface area contributed by atoms with Gasteiger partial charge in [-0.05, 0) is 18.2 Å². The highest BCUT2D eigenvalue weighted by molar-refractivity contribution is 7.98. The minimum Gasteiger partial charge on any atom is -0.390 e. The largest absolute Gasteiger partial charge is 0.390 e. The summed E-state index contributed by atoms with van der Waals surface area (Å²) in [5.74, 6) is 2.78. The lowest BCUT2D eigenvalue weighted by molar-refractivity contribution is 0.276. The van der Waals surface area contributed by atoms with Gasteiger partial charge < -0.3 is 5.11 Å². The van der Waals surface area contributed by atoms with Gasteiger partial charge in [-0.3, -0.25) is 0 Å². The summed E-state index contributed by atoms with van der Waals surface area (Å²) in [6.45, 7) is 2.14. The van der Waals surface area contributed by atoms with E-state index in [-0.39, 0.29) is 6.61 Å². The molecule has 3 nitrogen and oxygen atoms in total. The number of aromatic nitrogens is 2. The molecule has 1 heterocycles. The molecule has 0 spiro atoms. The van der Waals surface area contributed by atoms with E-state index in [1.54, 1.807) is 12.3 Å². The van der Waals surface area contributed by atoms with Crippen molar-refractivity contribution in [3.8, 4) is 0 Å². The number of nitrogens with zero attached hydrogens (tertiary/aromatic N) is 2. The molecule has 1 aromatic heterocycles. The maximum atomic E-state index is 8.84. The van der Waals surface area contributed by atoms with Crippen molar-refractivity contribution in [2.45, 2.75) is 25.7 Å². The zero-order valence-electron chi connectivity index (χ0n) is 7.73. The molecule has 0 aliphatic carbocycles. The highest BCUT2D eigenvalue weighted by atomic mass is 32.2. The molecule has 0 fully saturated rings. The number of aliphatic hydroxyl groups is 1. The van der Waals surface area contributed by atoms with E-state index in [1.807, 2.05) is 11.8 Å². The Labute approximate surface area is 82.6 Å². The summed E-state index contributed by atoms with van der Waals surface area (Å²) in [4.78, 5) is 8.30. The van der Waals surface area contributed by atoms with Crippen LogP contribution in [0.25, 0.3) is 0 Å². The highest BCUT2D eigenvalue weighted by Gasteiger charge is 1.97. The van der Waals surface area contributed by atoms with E-state index in [1.165, 1.54) is 6.42 Å². The average Bonchev–Trinajstić information content (AvgIpc) is 2.19. The van der Waals surface area contributed by atoms with Crippen LogP contribution in [-0.4, -0.2) is 20.8 Å². The first-order valence-electron chi connectivity index (χ1n) is 4.36. The highest BCUT2D eigenvalue weighted by Crippen LogP contribution is 2.09. The summed E-state index contributed by atoms with van der Waals surface area (Å²) < 4.78 is 0. The molecule has 1 rings (SSSR count). The second-order valence-corrected chi connectivity index (χ2v) is 3.78. The van der Waals surface area contributed by atoms with E-state index in [0.29, 0.717) is 5.69 Å². The van der Waals surface area contributed by atoms with E-state index >= 15 is 0 Å². The first-order chi connectivity index (χ1) is 6.36. The van der Waals surface area contributed by atoms with Crippen molar-refractivity contribution in [1.82, 2.24) is 9.97 Å².